The maximum atomic E-state index is 5.98. The lowest BCUT2D eigenvalue weighted by Crippen LogP contribution is -2.47. The van der Waals surface area contributed by atoms with Crippen LogP contribution in [0, 0.1) is 0 Å². The average Bonchev–Trinajstić information content (AvgIpc) is 3.28. The number of piperazine rings is 1. The highest BCUT2D eigenvalue weighted by Crippen LogP contribution is 2.28. The summed E-state index contributed by atoms with van der Waals surface area (Å²) in [6.07, 6.45) is 1.65. The Morgan fingerprint density at radius 2 is 1.81 bits per heavy atom. The van der Waals surface area contributed by atoms with Gasteiger partial charge in [0.05, 0.1) is 11.4 Å². The van der Waals surface area contributed by atoms with E-state index in [1.807, 2.05) is 30.3 Å². The summed E-state index contributed by atoms with van der Waals surface area (Å²) in [5.41, 5.74) is 6.89. The number of hydrogen-bond acceptors (Lipinski definition) is 10. The Hall–Kier alpha value is -3.37. The number of nitrogens with one attached hydrogen (secondary N) is 1. The smallest absolute Gasteiger partial charge is 0.232 e. The number of nitrogen functional groups attached to an aromatic ring is 1. The molecule has 1 aromatic carbocycles. The van der Waals surface area contributed by atoms with Crippen molar-refractivity contribution < 1.29 is 0 Å². The molecule has 3 aromatic heterocycles. The number of fused-ring (bicyclic) bond motifs is 1. The highest BCUT2D eigenvalue weighted by atomic mass is 32.1. The van der Waals surface area contributed by atoms with Gasteiger partial charge in [0.1, 0.15) is 17.0 Å². The summed E-state index contributed by atoms with van der Waals surface area (Å²) in [6.45, 7) is 5.62. The van der Waals surface area contributed by atoms with Crippen molar-refractivity contribution >= 4 is 45.0 Å². The summed E-state index contributed by atoms with van der Waals surface area (Å²) in [6, 6.07) is 11.9. The number of thiophene rings is 1. The molecule has 5 rings (SSSR count). The molecular formula is C21H23N9S. The van der Waals surface area contributed by atoms with Crippen LogP contribution in [0.2, 0.25) is 0 Å². The molecule has 0 spiro atoms. The second kappa shape index (κ2) is 8.40. The van der Waals surface area contributed by atoms with Gasteiger partial charge in [0, 0.05) is 31.9 Å². The molecule has 0 saturated carbocycles. The number of nitrogens with two attached hydrogens (primary N) is 1. The maximum Gasteiger partial charge on any atom is 0.232 e. The number of para-hydroxylation sites is 1. The molecule has 1 aliphatic rings. The summed E-state index contributed by atoms with van der Waals surface area (Å²) >= 11 is 1.64. The standard InChI is InChI=1S/C21H23N9S/c1-14(17-26-20(22)28-21(27-17)25-15-5-3-2-4-6-15)29-8-10-30(11-9-29)18-16-7-12-31-19(16)24-13-23-18/h2-7,12-14H,8-11H2,1H3,(H3,22,25,26,27,28). The molecule has 0 amide bonds. The number of rotatable bonds is 5. The number of benzene rings is 1. The predicted octanol–water partition coefficient (Wildman–Crippen LogP) is 3.09. The van der Waals surface area contributed by atoms with Crippen molar-refractivity contribution in [1.82, 2.24) is 29.8 Å². The van der Waals surface area contributed by atoms with Gasteiger partial charge in [-0.25, -0.2) is 9.97 Å². The van der Waals surface area contributed by atoms with Gasteiger partial charge < -0.3 is 16.0 Å². The molecule has 9 nitrogen and oxygen atoms in total. The molecule has 31 heavy (non-hydrogen) atoms. The van der Waals surface area contributed by atoms with Gasteiger partial charge in [-0.05, 0) is 30.5 Å². The minimum absolute atomic E-state index is 0.0235. The van der Waals surface area contributed by atoms with Crippen molar-refractivity contribution in [3.8, 4) is 0 Å². The van der Waals surface area contributed by atoms with E-state index in [9.17, 15) is 0 Å². The zero-order valence-corrected chi connectivity index (χ0v) is 18.0. The van der Waals surface area contributed by atoms with Crippen LogP contribution in [0.1, 0.15) is 18.8 Å². The van der Waals surface area contributed by atoms with Crippen LogP contribution in [-0.2, 0) is 0 Å². The first-order chi connectivity index (χ1) is 15.2. The second-order valence-electron chi connectivity index (χ2n) is 7.40. The number of hydrogen-bond donors (Lipinski definition) is 2. The summed E-state index contributed by atoms with van der Waals surface area (Å²) < 4.78 is 0. The van der Waals surface area contributed by atoms with Crippen LogP contribution in [-0.4, -0.2) is 56.0 Å². The van der Waals surface area contributed by atoms with Gasteiger partial charge in [-0.2, -0.15) is 15.0 Å². The van der Waals surface area contributed by atoms with Gasteiger partial charge in [0.2, 0.25) is 11.9 Å². The fourth-order valence-corrected chi connectivity index (χ4v) is 4.54. The summed E-state index contributed by atoms with van der Waals surface area (Å²) in [5, 5.41) is 6.39. The maximum absolute atomic E-state index is 5.98. The molecule has 0 aliphatic carbocycles. The minimum atomic E-state index is 0.0235. The fraction of sp³-hybridized carbons (Fsp3) is 0.286. The van der Waals surface area contributed by atoms with Crippen LogP contribution >= 0.6 is 11.3 Å². The Morgan fingerprint density at radius 1 is 1.00 bits per heavy atom. The molecule has 4 heterocycles. The largest absolute Gasteiger partial charge is 0.368 e. The lowest BCUT2D eigenvalue weighted by Gasteiger charge is -2.38. The molecule has 0 radical (unpaired) electrons. The third kappa shape index (κ3) is 4.12. The third-order valence-electron chi connectivity index (χ3n) is 5.48. The first-order valence-corrected chi connectivity index (χ1v) is 11.1. The quantitative estimate of drug-likeness (QED) is 0.491. The van der Waals surface area contributed by atoms with E-state index in [4.69, 9.17) is 5.73 Å². The molecule has 158 valence electrons. The Morgan fingerprint density at radius 3 is 2.61 bits per heavy atom. The van der Waals surface area contributed by atoms with Crippen molar-refractivity contribution in [2.75, 3.05) is 42.1 Å². The molecule has 0 bridgehead atoms. The van der Waals surface area contributed by atoms with Gasteiger partial charge >= 0.3 is 0 Å². The average molecular weight is 434 g/mol. The Bertz CT molecular complexity index is 1170. The van der Waals surface area contributed by atoms with Gasteiger partial charge in [0.15, 0.2) is 5.82 Å². The zero-order chi connectivity index (χ0) is 21.2. The Balaban J connectivity index is 1.29. The summed E-state index contributed by atoms with van der Waals surface area (Å²) in [4.78, 5) is 27.9. The first kappa shape index (κ1) is 19.6. The van der Waals surface area contributed by atoms with Crippen LogP contribution in [0.25, 0.3) is 10.2 Å². The van der Waals surface area contributed by atoms with E-state index in [1.54, 1.807) is 17.7 Å². The first-order valence-electron chi connectivity index (χ1n) is 10.2. The Kier molecular flexibility index (Phi) is 5.31. The van der Waals surface area contributed by atoms with Gasteiger partial charge in [0.25, 0.3) is 0 Å². The third-order valence-corrected chi connectivity index (χ3v) is 6.30. The van der Waals surface area contributed by atoms with E-state index in [0.717, 1.165) is 47.9 Å². The van der Waals surface area contributed by atoms with Crippen LogP contribution < -0.4 is 16.0 Å². The minimum Gasteiger partial charge on any atom is -0.368 e. The van der Waals surface area contributed by atoms with E-state index in [1.165, 1.54) is 0 Å². The number of aromatic nitrogens is 5. The molecule has 1 fully saturated rings. The van der Waals surface area contributed by atoms with Crippen LogP contribution in [0.15, 0.2) is 48.1 Å². The predicted molar refractivity (Wildman–Crippen MR) is 124 cm³/mol. The van der Waals surface area contributed by atoms with Gasteiger partial charge in [-0.3, -0.25) is 4.90 Å². The topological polar surface area (TPSA) is 109 Å². The van der Waals surface area contributed by atoms with Gasteiger partial charge in [-0.15, -0.1) is 11.3 Å². The molecule has 1 saturated heterocycles. The van der Waals surface area contributed by atoms with Crippen LogP contribution in [0.4, 0.5) is 23.4 Å². The SMILES string of the molecule is CC(c1nc(N)nc(Nc2ccccc2)n1)N1CCN(c2ncnc3sccc23)CC1. The second-order valence-corrected chi connectivity index (χ2v) is 8.30. The van der Waals surface area contributed by atoms with Crippen molar-refractivity contribution in [3.63, 3.8) is 0 Å². The number of nitrogens with zero attached hydrogens (tertiary/aromatic N) is 7. The molecule has 1 atom stereocenters. The molecule has 1 aliphatic heterocycles. The monoisotopic (exact) mass is 433 g/mol. The zero-order valence-electron chi connectivity index (χ0n) is 17.1. The van der Waals surface area contributed by atoms with Crippen LogP contribution in [0.5, 0.6) is 0 Å². The lowest BCUT2D eigenvalue weighted by molar-refractivity contribution is 0.191. The lowest BCUT2D eigenvalue weighted by atomic mass is 10.2. The van der Waals surface area contributed by atoms with Crippen molar-refractivity contribution in [3.05, 3.63) is 53.9 Å². The van der Waals surface area contributed by atoms with Gasteiger partial charge in [-0.1, -0.05) is 18.2 Å². The molecule has 3 N–H and O–H groups in total. The number of anilines is 4. The van der Waals surface area contributed by atoms with Crippen molar-refractivity contribution in [2.45, 2.75) is 13.0 Å². The fourth-order valence-electron chi connectivity index (χ4n) is 3.82. The Labute approximate surface area is 184 Å². The normalized spacial score (nSPS) is 15.8. The molecule has 4 aromatic rings. The van der Waals surface area contributed by atoms with E-state index in [2.05, 4.69) is 58.4 Å². The summed E-state index contributed by atoms with van der Waals surface area (Å²) in [7, 11) is 0. The van der Waals surface area contributed by atoms with Crippen molar-refractivity contribution in [2.24, 2.45) is 0 Å². The molecule has 10 heteroatoms. The summed E-state index contributed by atoms with van der Waals surface area (Å²) in [5.74, 6) is 2.36. The van der Waals surface area contributed by atoms with E-state index < -0.39 is 0 Å². The van der Waals surface area contributed by atoms with Crippen LogP contribution in [0.3, 0.4) is 0 Å². The molecular weight excluding hydrogens is 410 g/mol. The highest BCUT2D eigenvalue weighted by molar-refractivity contribution is 7.16. The molecule has 1 unspecified atom stereocenters. The van der Waals surface area contributed by atoms with E-state index in [0.29, 0.717) is 11.8 Å². The van der Waals surface area contributed by atoms with E-state index in [-0.39, 0.29) is 12.0 Å². The highest BCUT2D eigenvalue weighted by Gasteiger charge is 2.26. The van der Waals surface area contributed by atoms with E-state index >= 15 is 0 Å². The van der Waals surface area contributed by atoms with Crippen molar-refractivity contribution in [1.29, 1.82) is 0 Å².